The van der Waals surface area contributed by atoms with Crippen LogP contribution in [0.4, 0.5) is 4.39 Å². The molecule has 4 heteroatoms. The summed E-state index contributed by atoms with van der Waals surface area (Å²) in [6.07, 6.45) is 1.14. The van der Waals surface area contributed by atoms with Crippen LogP contribution >= 0.6 is 0 Å². The van der Waals surface area contributed by atoms with Crippen LogP contribution in [-0.4, -0.2) is 16.5 Å². The lowest BCUT2D eigenvalue weighted by Crippen LogP contribution is -2.17. The second kappa shape index (κ2) is 3.56. The lowest BCUT2D eigenvalue weighted by atomic mass is 10.0. The SMILES string of the molecule is CC1CCNC1c1nc2c(F)cccc2[nH]1. The molecule has 3 nitrogen and oxygen atoms in total. The van der Waals surface area contributed by atoms with Gasteiger partial charge < -0.3 is 10.3 Å². The van der Waals surface area contributed by atoms with E-state index in [1.54, 1.807) is 6.07 Å². The molecule has 0 aliphatic carbocycles. The normalized spacial score (nSPS) is 25.4. The second-order valence-electron chi connectivity index (χ2n) is 4.46. The minimum atomic E-state index is -0.259. The number of H-pyrrole nitrogens is 1. The minimum absolute atomic E-state index is 0.229. The number of imidazole rings is 1. The number of nitrogens with zero attached hydrogens (tertiary/aromatic N) is 1. The molecule has 0 radical (unpaired) electrons. The van der Waals surface area contributed by atoms with Gasteiger partial charge in [-0.25, -0.2) is 9.37 Å². The van der Waals surface area contributed by atoms with E-state index in [1.807, 2.05) is 6.07 Å². The average molecular weight is 219 g/mol. The van der Waals surface area contributed by atoms with Gasteiger partial charge in [-0.3, -0.25) is 0 Å². The van der Waals surface area contributed by atoms with Gasteiger partial charge in [0.1, 0.15) is 11.3 Å². The number of fused-ring (bicyclic) bond motifs is 1. The molecule has 1 aromatic carbocycles. The topological polar surface area (TPSA) is 40.7 Å². The lowest BCUT2D eigenvalue weighted by molar-refractivity contribution is 0.484. The molecule has 0 saturated carbocycles. The van der Waals surface area contributed by atoms with Crippen LogP contribution in [0.1, 0.15) is 25.2 Å². The number of aromatic amines is 1. The molecule has 2 aromatic rings. The van der Waals surface area contributed by atoms with Crippen LogP contribution in [-0.2, 0) is 0 Å². The van der Waals surface area contributed by atoms with E-state index in [9.17, 15) is 4.39 Å². The Morgan fingerprint density at radius 1 is 1.44 bits per heavy atom. The monoisotopic (exact) mass is 219 g/mol. The summed E-state index contributed by atoms with van der Waals surface area (Å²) in [7, 11) is 0. The van der Waals surface area contributed by atoms with E-state index in [0.717, 1.165) is 24.3 Å². The molecule has 1 aliphatic rings. The fourth-order valence-corrected chi connectivity index (χ4v) is 2.36. The van der Waals surface area contributed by atoms with Crippen LogP contribution in [0, 0.1) is 11.7 Å². The van der Waals surface area contributed by atoms with Gasteiger partial charge in [0.15, 0.2) is 5.82 Å². The summed E-state index contributed by atoms with van der Waals surface area (Å²) in [5.41, 5.74) is 1.22. The van der Waals surface area contributed by atoms with Gasteiger partial charge >= 0.3 is 0 Å². The van der Waals surface area contributed by atoms with Crippen LogP contribution in [0.15, 0.2) is 18.2 Å². The summed E-state index contributed by atoms with van der Waals surface area (Å²) in [6.45, 7) is 3.19. The van der Waals surface area contributed by atoms with Crippen LogP contribution in [0.3, 0.4) is 0 Å². The molecule has 3 rings (SSSR count). The maximum absolute atomic E-state index is 13.5. The van der Waals surface area contributed by atoms with Crippen molar-refractivity contribution in [1.82, 2.24) is 15.3 Å². The number of nitrogens with one attached hydrogen (secondary N) is 2. The third kappa shape index (κ3) is 1.41. The summed E-state index contributed by atoms with van der Waals surface area (Å²) < 4.78 is 13.5. The van der Waals surface area contributed by atoms with E-state index in [0.29, 0.717) is 11.4 Å². The van der Waals surface area contributed by atoms with Gasteiger partial charge in [0.25, 0.3) is 0 Å². The molecule has 84 valence electrons. The average Bonchev–Trinajstić information content (AvgIpc) is 2.84. The zero-order chi connectivity index (χ0) is 11.1. The fourth-order valence-electron chi connectivity index (χ4n) is 2.36. The molecular weight excluding hydrogens is 205 g/mol. The van der Waals surface area contributed by atoms with Gasteiger partial charge in [-0.2, -0.15) is 0 Å². The van der Waals surface area contributed by atoms with Gasteiger partial charge in [0.05, 0.1) is 11.6 Å². The first-order valence-corrected chi connectivity index (χ1v) is 5.63. The van der Waals surface area contributed by atoms with E-state index in [-0.39, 0.29) is 11.9 Å². The summed E-state index contributed by atoms with van der Waals surface area (Å²) in [4.78, 5) is 7.55. The highest BCUT2D eigenvalue weighted by molar-refractivity contribution is 5.75. The maximum Gasteiger partial charge on any atom is 0.151 e. The van der Waals surface area contributed by atoms with Crippen molar-refractivity contribution in [2.24, 2.45) is 5.92 Å². The Hall–Kier alpha value is -1.42. The number of hydrogen-bond donors (Lipinski definition) is 2. The van der Waals surface area contributed by atoms with Crippen molar-refractivity contribution < 1.29 is 4.39 Å². The van der Waals surface area contributed by atoms with Crippen molar-refractivity contribution in [2.45, 2.75) is 19.4 Å². The molecule has 16 heavy (non-hydrogen) atoms. The van der Waals surface area contributed by atoms with E-state index in [1.165, 1.54) is 6.07 Å². The molecule has 2 atom stereocenters. The number of para-hydroxylation sites is 1. The van der Waals surface area contributed by atoms with Crippen molar-refractivity contribution in [3.05, 3.63) is 29.8 Å². The van der Waals surface area contributed by atoms with Crippen LogP contribution in [0.25, 0.3) is 11.0 Å². The maximum atomic E-state index is 13.5. The predicted octanol–water partition coefficient (Wildman–Crippen LogP) is 2.37. The lowest BCUT2D eigenvalue weighted by Gasteiger charge is -2.11. The molecule has 2 heterocycles. The quantitative estimate of drug-likeness (QED) is 0.773. The number of aromatic nitrogens is 2. The first-order valence-electron chi connectivity index (χ1n) is 5.63. The van der Waals surface area contributed by atoms with Gasteiger partial charge in [0.2, 0.25) is 0 Å². The summed E-state index contributed by atoms with van der Waals surface area (Å²) in [6, 6.07) is 5.23. The Kier molecular flexibility index (Phi) is 2.17. The molecule has 1 fully saturated rings. The third-order valence-electron chi connectivity index (χ3n) is 3.31. The highest BCUT2D eigenvalue weighted by Gasteiger charge is 2.27. The van der Waals surface area contributed by atoms with Crippen molar-refractivity contribution >= 4 is 11.0 Å². The summed E-state index contributed by atoms with van der Waals surface area (Å²) >= 11 is 0. The van der Waals surface area contributed by atoms with Gasteiger partial charge in [0, 0.05) is 0 Å². The summed E-state index contributed by atoms with van der Waals surface area (Å²) in [5, 5.41) is 3.39. The van der Waals surface area contributed by atoms with Crippen molar-refractivity contribution in [2.75, 3.05) is 6.54 Å². The van der Waals surface area contributed by atoms with E-state index >= 15 is 0 Å². The molecule has 1 aromatic heterocycles. The van der Waals surface area contributed by atoms with Crippen LogP contribution in [0.2, 0.25) is 0 Å². The molecular formula is C12H14FN3. The zero-order valence-electron chi connectivity index (χ0n) is 9.13. The Bertz CT molecular complexity index is 520. The molecule has 0 amide bonds. The molecule has 0 spiro atoms. The third-order valence-corrected chi connectivity index (χ3v) is 3.31. The second-order valence-corrected chi connectivity index (χ2v) is 4.46. The summed E-state index contributed by atoms with van der Waals surface area (Å²) in [5.74, 6) is 1.14. The molecule has 0 bridgehead atoms. The largest absolute Gasteiger partial charge is 0.341 e. The first-order chi connectivity index (χ1) is 7.75. The number of rotatable bonds is 1. The first kappa shape index (κ1) is 9.78. The molecule has 1 aliphatic heterocycles. The van der Waals surface area contributed by atoms with Gasteiger partial charge in [-0.1, -0.05) is 13.0 Å². The molecule has 1 saturated heterocycles. The predicted molar refractivity (Wildman–Crippen MR) is 60.6 cm³/mol. The van der Waals surface area contributed by atoms with Crippen molar-refractivity contribution in [3.8, 4) is 0 Å². The minimum Gasteiger partial charge on any atom is -0.341 e. The van der Waals surface area contributed by atoms with Crippen molar-refractivity contribution in [1.29, 1.82) is 0 Å². The Labute approximate surface area is 93.1 Å². The smallest absolute Gasteiger partial charge is 0.151 e. The fraction of sp³-hybridized carbons (Fsp3) is 0.417. The highest BCUT2D eigenvalue weighted by atomic mass is 19.1. The van der Waals surface area contributed by atoms with Gasteiger partial charge in [-0.15, -0.1) is 0 Å². The van der Waals surface area contributed by atoms with E-state index < -0.39 is 0 Å². The Morgan fingerprint density at radius 2 is 2.31 bits per heavy atom. The number of hydrogen-bond acceptors (Lipinski definition) is 2. The highest BCUT2D eigenvalue weighted by Crippen LogP contribution is 2.28. The number of halogens is 1. The standard InChI is InChI=1S/C12H14FN3/c1-7-5-6-14-10(7)12-15-9-4-2-3-8(13)11(9)16-12/h2-4,7,10,14H,5-6H2,1H3,(H,15,16). The Morgan fingerprint density at radius 3 is 3.00 bits per heavy atom. The molecule has 2 N–H and O–H groups in total. The van der Waals surface area contributed by atoms with Crippen LogP contribution in [0.5, 0.6) is 0 Å². The van der Waals surface area contributed by atoms with Crippen LogP contribution < -0.4 is 5.32 Å². The van der Waals surface area contributed by atoms with Gasteiger partial charge in [-0.05, 0) is 31.0 Å². The van der Waals surface area contributed by atoms with E-state index in [4.69, 9.17) is 0 Å². The van der Waals surface area contributed by atoms with Crippen molar-refractivity contribution in [3.63, 3.8) is 0 Å². The Balaban J connectivity index is 2.08. The zero-order valence-corrected chi connectivity index (χ0v) is 9.13. The molecule has 2 unspecified atom stereocenters. The van der Waals surface area contributed by atoms with E-state index in [2.05, 4.69) is 22.2 Å². The number of benzene rings is 1.